The molecule has 0 aromatic heterocycles. The van der Waals surface area contributed by atoms with Crippen molar-refractivity contribution in [2.24, 2.45) is 5.92 Å². The average Bonchev–Trinajstić information content (AvgIpc) is 2.03. The van der Waals surface area contributed by atoms with Gasteiger partial charge in [0, 0.05) is 5.92 Å². The maximum Gasteiger partial charge on any atom is 0.158 e. The van der Waals surface area contributed by atoms with Gasteiger partial charge in [0.15, 0.2) is 5.78 Å². The van der Waals surface area contributed by atoms with E-state index < -0.39 is 0 Å². The molecule has 0 saturated heterocycles. The van der Waals surface area contributed by atoms with Crippen molar-refractivity contribution >= 4 is 12.1 Å². The van der Waals surface area contributed by atoms with Crippen molar-refractivity contribution in [3.05, 3.63) is 12.2 Å². The van der Waals surface area contributed by atoms with Gasteiger partial charge in [-0.2, -0.15) is 0 Å². The number of allylic oxidation sites excluding steroid dienone is 2. The molecule has 2 heteroatoms. The molecular weight excluding hydrogens is 140 g/mol. The number of carbonyl (C=O) groups is 2. The normalized spacial score (nSPS) is 10.8. The van der Waals surface area contributed by atoms with E-state index in [1.807, 2.05) is 13.8 Å². The quantitative estimate of drug-likeness (QED) is 0.446. The summed E-state index contributed by atoms with van der Waals surface area (Å²) in [7, 11) is 0. The third kappa shape index (κ3) is 3.71. The Labute approximate surface area is 67.3 Å². The fraction of sp³-hybridized carbons (Fsp3) is 0.556. The topological polar surface area (TPSA) is 34.1 Å². The number of aldehydes is 1. The molecule has 0 unspecified atom stereocenters. The molecule has 0 bridgehead atoms. The summed E-state index contributed by atoms with van der Waals surface area (Å²) in [6, 6.07) is 0. The smallest absolute Gasteiger partial charge is 0.158 e. The van der Waals surface area contributed by atoms with Gasteiger partial charge in [-0.15, -0.1) is 0 Å². The first-order valence-corrected chi connectivity index (χ1v) is 3.91. The fourth-order valence-corrected chi connectivity index (χ4v) is 0.961. The summed E-state index contributed by atoms with van der Waals surface area (Å²) in [6.07, 6.45) is 4.92. The molecule has 0 atom stereocenters. The Morgan fingerprint density at radius 3 is 2.27 bits per heavy atom. The molecule has 0 saturated carbocycles. The maximum atomic E-state index is 11.1. The minimum atomic E-state index is 0.0575. The molecule has 62 valence electrons. The van der Waals surface area contributed by atoms with E-state index in [0.717, 1.165) is 12.8 Å². The number of rotatable bonds is 5. The van der Waals surface area contributed by atoms with E-state index in [1.54, 1.807) is 0 Å². The van der Waals surface area contributed by atoms with Gasteiger partial charge in [0.05, 0.1) is 0 Å². The predicted molar refractivity (Wildman–Crippen MR) is 44.3 cm³/mol. The first kappa shape index (κ1) is 10.1. The zero-order chi connectivity index (χ0) is 8.69. The highest BCUT2D eigenvalue weighted by Gasteiger charge is 2.09. The van der Waals surface area contributed by atoms with Crippen LogP contribution in [0.25, 0.3) is 0 Å². The third-order valence-corrected chi connectivity index (χ3v) is 1.73. The molecule has 2 nitrogen and oxygen atoms in total. The van der Waals surface area contributed by atoms with E-state index in [1.165, 1.54) is 12.2 Å². The monoisotopic (exact) mass is 154 g/mol. The van der Waals surface area contributed by atoms with Crippen LogP contribution in [0.3, 0.4) is 0 Å². The van der Waals surface area contributed by atoms with Crippen LogP contribution in [0.4, 0.5) is 0 Å². The summed E-state index contributed by atoms with van der Waals surface area (Å²) in [5, 5.41) is 0. The molecule has 0 aromatic carbocycles. The van der Waals surface area contributed by atoms with Gasteiger partial charge in [0.1, 0.15) is 6.29 Å². The van der Waals surface area contributed by atoms with Crippen LogP contribution in [0.5, 0.6) is 0 Å². The van der Waals surface area contributed by atoms with Crippen molar-refractivity contribution in [2.45, 2.75) is 26.7 Å². The molecule has 0 amide bonds. The standard InChI is InChI=1S/C9H14O2/c1-3-8(4-2)9(11)6-5-7-10/h5-8H,3-4H2,1-2H3/b6-5+. The van der Waals surface area contributed by atoms with E-state index in [0.29, 0.717) is 6.29 Å². The summed E-state index contributed by atoms with van der Waals surface area (Å²) in [6.45, 7) is 3.95. The van der Waals surface area contributed by atoms with Crippen molar-refractivity contribution in [1.82, 2.24) is 0 Å². The van der Waals surface area contributed by atoms with Crippen molar-refractivity contribution in [3.8, 4) is 0 Å². The average molecular weight is 154 g/mol. The third-order valence-electron chi connectivity index (χ3n) is 1.73. The van der Waals surface area contributed by atoms with Crippen LogP contribution in [-0.2, 0) is 9.59 Å². The lowest BCUT2D eigenvalue weighted by Gasteiger charge is -2.05. The second-order valence-corrected chi connectivity index (χ2v) is 2.41. The molecule has 11 heavy (non-hydrogen) atoms. The molecule has 0 rings (SSSR count). The lowest BCUT2D eigenvalue weighted by atomic mass is 9.98. The van der Waals surface area contributed by atoms with Gasteiger partial charge in [-0.25, -0.2) is 0 Å². The summed E-state index contributed by atoms with van der Waals surface area (Å²) >= 11 is 0. The molecule has 0 fully saturated rings. The molecule has 0 radical (unpaired) electrons. The van der Waals surface area contributed by atoms with E-state index >= 15 is 0 Å². The summed E-state index contributed by atoms with van der Waals surface area (Å²) in [4.78, 5) is 21.0. The van der Waals surface area contributed by atoms with Crippen molar-refractivity contribution in [1.29, 1.82) is 0 Å². The molecule has 0 aliphatic rings. The van der Waals surface area contributed by atoms with Crippen LogP contribution < -0.4 is 0 Å². The van der Waals surface area contributed by atoms with E-state index in [9.17, 15) is 9.59 Å². The molecule has 0 aliphatic heterocycles. The maximum absolute atomic E-state index is 11.1. The Bertz CT molecular complexity index is 155. The van der Waals surface area contributed by atoms with Gasteiger partial charge in [0.2, 0.25) is 0 Å². The van der Waals surface area contributed by atoms with Crippen LogP contribution in [0, 0.1) is 5.92 Å². The van der Waals surface area contributed by atoms with Crippen LogP contribution in [0.15, 0.2) is 12.2 Å². The van der Waals surface area contributed by atoms with E-state index in [-0.39, 0.29) is 11.7 Å². The Balaban J connectivity index is 3.98. The Hall–Kier alpha value is -0.920. The Morgan fingerprint density at radius 1 is 1.36 bits per heavy atom. The second-order valence-electron chi connectivity index (χ2n) is 2.41. The van der Waals surface area contributed by atoms with Gasteiger partial charge in [-0.3, -0.25) is 9.59 Å². The highest BCUT2D eigenvalue weighted by Crippen LogP contribution is 2.08. The predicted octanol–water partition coefficient (Wildman–Crippen LogP) is 1.75. The fourth-order valence-electron chi connectivity index (χ4n) is 0.961. The second kappa shape index (κ2) is 5.83. The lowest BCUT2D eigenvalue weighted by molar-refractivity contribution is -0.118. The number of carbonyl (C=O) groups excluding carboxylic acids is 2. The number of hydrogen-bond acceptors (Lipinski definition) is 2. The first-order valence-electron chi connectivity index (χ1n) is 3.91. The highest BCUT2D eigenvalue weighted by atomic mass is 16.1. The van der Waals surface area contributed by atoms with E-state index in [2.05, 4.69) is 0 Å². The lowest BCUT2D eigenvalue weighted by Crippen LogP contribution is -2.09. The molecule has 0 N–H and O–H groups in total. The molecule has 0 aromatic rings. The van der Waals surface area contributed by atoms with Gasteiger partial charge in [-0.1, -0.05) is 13.8 Å². The summed E-state index contributed by atoms with van der Waals surface area (Å²) in [5.74, 6) is 0.147. The minimum absolute atomic E-state index is 0.0575. The van der Waals surface area contributed by atoms with Crippen molar-refractivity contribution < 1.29 is 9.59 Å². The largest absolute Gasteiger partial charge is 0.299 e. The zero-order valence-corrected chi connectivity index (χ0v) is 7.04. The van der Waals surface area contributed by atoms with Crippen molar-refractivity contribution in [3.63, 3.8) is 0 Å². The highest BCUT2D eigenvalue weighted by molar-refractivity contribution is 5.94. The van der Waals surface area contributed by atoms with Crippen LogP contribution in [0.1, 0.15) is 26.7 Å². The molecular formula is C9H14O2. The zero-order valence-electron chi connectivity index (χ0n) is 7.04. The van der Waals surface area contributed by atoms with Gasteiger partial charge >= 0.3 is 0 Å². The summed E-state index contributed by atoms with van der Waals surface area (Å²) < 4.78 is 0. The number of hydrogen-bond donors (Lipinski definition) is 0. The Kier molecular flexibility index (Phi) is 5.35. The van der Waals surface area contributed by atoms with Gasteiger partial charge in [0.25, 0.3) is 0 Å². The first-order chi connectivity index (χ1) is 5.26. The van der Waals surface area contributed by atoms with Gasteiger partial charge in [-0.05, 0) is 25.0 Å². The molecule has 0 spiro atoms. The van der Waals surface area contributed by atoms with Gasteiger partial charge < -0.3 is 0 Å². The SMILES string of the molecule is CCC(CC)C(=O)/C=C/C=O. The minimum Gasteiger partial charge on any atom is -0.299 e. The summed E-state index contributed by atoms with van der Waals surface area (Å²) in [5.41, 5.74) is 0. The van der Waals surface area contributed by atoms with Crippen LogP contribution in [0.2, 0.25) is 0 Å². The Morgan fingerprint density at radius 2 is 1.91 bits per heavy atom. The van der Waals surface area contributed by atoms with Crippen molar-refractivity contribution in [2.75, 3.05) is 0 Å². The van der Waals surface area contributed by atoms with Crippen LogP contribution >= 0.6 is 0 Å². The van der Waals surface area contributed by atoms with E-state index in [4.69, 9.17) is 0 Å². The molecule has 0 heterocycles. The van der Waals surface area contributed by atoms with Crippen LogP contribution in [-0.4, -0.2) is 12.1 Å². The molecule has 0 aliphatic carbocycles. The number of ketones is 1.